The lowest BCUT2D eigenvalue weighted by Gasteiger charge is -2.15. The molecule has 0 bridgehead atoms. The highest BCUT2D eigenvalue weighted by molar-refractivity contribution is 9.11. The Morgan fingerprint density at radius 2 is 2.11 bits per heavy atom. The molecule has 1 unspecified atom stereocenters. The number of hydrogen-bond acceptors (Lipinski definition) is 2. The highest BCUT2D eigenvalue weighted by Gasteiger charge is 2.16. The van der Waals surface area contributed by atoms with Crippen molar-refractivity contribution in [1.29, 1.82) is 0 Å². The molecule has 2 rings (SSSR count). The van der Waals surface area contributed by atoms with E-state index in [0.717, 1.165) is 9.35 Å². The van der Waals surface area contributed by atoms with Crippen LogP contribution in [-0.4, -0.2) is 7.05 Å². The molecule has 5 heteroatoms. The van der Waals surface area contributed by atoms with Gasteiger partial charge in [-0.2, -0.15) is 0 Å². The molecule has 0 amide bonds. The molecule has 1 aromatic heterocycles. The molecule has 18 heavy (non-hydrogen) atoms. The van der Waals surface area contributed by atoms with Crippen molar-refractivity contribution in [1.82, 2.24) is 5.32 Å². The fourth-order valence-corrected chi connectivity index (χ4v) is 3.69. The number of rotatable bonds is 3. The number of thiophene rings is 1. The smallest absolute Gasteiger partial charge is 0.141 e. The van der Waals surface area contributed by atoms with Crippen LogP contribution >= 0.6 is 38.9 Å². The third kappa shape index (κ3) is 2.77. The van der Waals surface area contributed by atoms with Crippen molar-refractivity contribution in [3.8, 4) is 0 Å². The highest BCUT2D eigenvalue weighted by atomic mass is 79.9. The van der Waals surface area contributed by atoms with Gasteiger partial charge in [0.1, 0.15) is 5.82 Å². The molecule has 1 atom stereocenters. The zero-order chi connectivity index (χ0) is 13.3. The van der Waals surface area contributed by atoms with E-state index >= 15 is 0 Å². The summed E-state index contributed by atoms with van der Waals surface area (Å²) in [5.41, 5.74) is 2.15. The standard InChI is InChI=1S/C13H12BrClFNS/c1-7-5-11(18-13(7)14)12(17-2)8-3-4-10(16)9(15)6-8/h3-6,12,17H,1-2H3. The van der Waals surface area contributed by atoms with Crippen molar-refractivity contribution in [2.75, 3.05) is 7.05 Å². The molecule has 0 saturated carbocycles. The van der Waals surface area contributed by atoms with Gasteiger partial charge in [-0.25, -0.2) is 4.39 Å². The maximum Gasteiger partial charge on any atom is 0.141 e. The molecule has 0 fully saturated rings. The third-order valence-electron chi connectivity index (χ3n) is 2.73. The molecule has 1 aromatic carbocycles. The minimum atomic E-state index is -0.390. The molecule has 0 spiro atoms. The van der Waals surface area contributed by atoms with Gasteiger partial charge in [0, 0.05) is 4.88 Å². The van der Waals surface area contributed by atoms with Gasteiger partial charge in [-0.05, 0) is 59.2 Å². The van der Waals surface area contributed by atoms with E-state index in [2.05, 4.69) is 34.2 Å². The number of hydrogen-bond donors (Lipinski definition) is 1. The second-order valence-electron chi connectivity index (χ2n) is 4.00. The predicted molar refractivity (Wildman–Crippen MR) is 79.1 cm³/mol. The number of aryl methyl sites for hydroxylation is 1. The lowest BCUT2D eigenvalue weighted by Crippen LogP contribution is -2.16. The van der Waals surface area contributed by atoms with Crippen LogP contribution in [0.2, 0.25) is 5.02 Å². The van der Waals surface area contributed by atoms with E-state index < -0.39 is 0 Å². The zero-order valence-corrected chi connectivity index (χ0v) is 13.1. The normalized spacial score (nSPS) is 12.7. The van der Waals surface area contributed by atoms with E-state index in [1.54, 1.807) is 23.5 Å². The van der Waals surface area contributed by atoms with E-state index in [-0.39, 0.29) is 16.9 Å². The number of halogens is 3. The van der Waals surface area contributed by atoms with E-state index in [4.69, 9.17) is 11.6 Å². The van der Waals surface area contributed by atoms with Gasteiger partial charge in [0.2, 0.25) is 0 Å². The van der Waals surface area contributed by atoms with Gasteiger partial charge in [-0.15, -0.1) is 11.3 Å². The van der Waals surface area contributed by atoms with Crippen LogP contribution in [0, 0.1) is 12.7 Å². The molecular formula is C13H12BrClFNS. The van der Waals surface area contributed by atoms with Gasteiger partial charge in [-0.3, -0.25) is 0 Å². The van der Waals surface area contributed by atoms with Crippen molar-refractivity contribution < 1.29 is 4.39 Å². The predicted octanol–water partition coefficient (Wildman–Crippen LogP) is 4.92. The topological polar surface area (TPSA) is 12.0 Å². The lowest BCUT2D eigenvalue weighted by molar-refractivity contribution is 0.624. The Bertz CT molecular complexity index is 551. The van der Waals surface area contributed by atoms with Crippen LogP contribution in [-0.2, 0) is 0 Å². The Kier molecular flexibility index (Phi) is 4.43. The second kappa shape index (κ2) is 5.70. The fraction of sp³-hybridized carbons (Fsp3) is 0.231. The van der Waals surface area contributed by atoms with E-state index in [1.165, 1.54) is 16.5 Å². The molecule has 0 radical (unpaired) electrons. The first-order valence-corrected chi connectivity index (χ1v) is 7.39. The summed E-state index contributed by atoms with van der Waals surface area (Å²) in [4.78, 5) is 1.17. The Morgan fingerprint density at radius 1 is 1.39 bits per heavy atom. The van der Waals surface area contributed by atoms with E-state index in [0.29, 0.717) is 0 Å². The lowest BCUT2D eigenvalue weighted by atomic mass is 10.1. The number of nitrogens with one attached hydrogen (secondary N) is 1. The third-order valence-corrected chi connectivity index (χ3v) is 5.22. The molecule has 2 aromatic rings. The largest absolute Gasteiger partial charge is 0.309 e. The quantitative estimate of drug-likeness (QED) is 0.830. The van der Waals surface area contributed by atoms with Crippen LogP contribution in [0.5, 0.6) is 0 Å². The Balaban J connectivity index is 2.41. The number of benzene rings is 1. The van der Waals surface area contributed by atoms with Crippen molar-refractivity contribution in [3.05, 3.63) is 54.9 Å². The van der Waals surface area contributed by atoms with Crippen molar-refractivity contribution in [2.45, 2.75) is 13.0 Å². The fourth-order valence-electron chi connectivity index (χ4n) is 1.79. The van der Waals surface area contributed by atoms with Crippen LogP contribution in [0.1, 0.15) is 22.0 Å². The molecule has 1 heterocycles. The molecule has 0 aliphatic rings. The molecule has 1 nitrogen and oxygen atoms in total. The Hall–Kier alpha value is -0.420. The Labute approximate surface area is 123 Å². The van der Waals surface area contributed by atoms with Crippen molar-refractivity contribution in [3.63, 3.8) is 0 Å². The molecule has 0 saturated heterocycles. The molecule has 0 aliphatic heterocycles. The zero-order valence-electron chi connectivity index (χ0n) is 9.93. The average Bonchev–Trinajstić information content (AvgIpc) is 2.65. The molecule has 96 valence electrons. The average molecular weight is 349 g/mol. The minimum absolute atomic E-state index is 0.0260. The summed E-state index contributed by atoms with van der Waals surface area (Å²) < 4.78 is 14.3. The highest BCUT2D eigenvalue weighted by Crippen LogP contribution is 2.35. The first-order chi connectivity index (χ1) is 8.52. The summed E-state index contributed by atoms with van der Waals surface area (Å²) in [5, 5.41) is 3.38. The monoisotopic (exact) mass is 347 g/mol. The maximum absolute atomic E-state index is 13.2. The van der Waals surface area contributed by atoms with Gasteiger partial charge < -0.3 is 5.32 Å². The first-order valence-electron chi connectivity index (χ1n) is 5.41. The van der Waals surface area contributed by atoms with Crippen LogP contribution in [0.3, 0.4) is 0 Å². The van der Waals surface area contributed by atoms with Gasteiger partial charge >= 0.3 is 0 Å². The molecule has 0 aliphatic carbocycles. The van der Waals surface area contributed by atoms with E-state index in [1.807, 2.05) is 7.05 Å². The summed E-state index contributed by atoms with van der Waals surface area (Å²) >= 11 is 11.0. The van der Waals surface area contributed by atoms with Crippen LogP contribution in [0.4, 0.5) is 4.39 Å². The summed E-state index contributed by atoms with van der Waals surface area (Å²) in [7, 11) is 1.88. The SMILES string of the molecule is CNC(c1ccc(F)c(Cl)c1)c1cc(C)c(Br)s1. The summed E-state index contributed by atoms with van der Waals surface area (Å²) in [5.74, 6) is -0.390. The maximum atomic E-state index is 13.2. The Morgan fingerprint density at radius 3 is 2.61 bits per heavy atom. The van der Waals surface area contributed by atoms with Crippen LogP contribution in [0.25, 0.3) is 0 Å². The molecular weight excluding hydrogens is 337 g/mol. The van der Waals surface area contributed by atoms with Crippen molar-refractivity contribution in [2.24, 2.45) is 0 Å². The van der Waals surface area contributed by atoms with Crippen molar-refractivity contribution >= 4 is 38.9 Å². The summed E-state index contributed by atoms with van der Waals surface area (Å²) in [6, 6.07) is 6.97. The van der Waals surface area contributed by atoms with Crippen LogP contribution in [0.15, 0.2) is 28.1 Å². The van der Waals surface area contributed by atoms with E-state index in [9.17, 15) is 4.39 Å². The van der Waals surface area contributed by atoms with Gasteiger partial charge in [0.05, 0.1) is 14.9 Å². The first kappa shape index (κ1) is 14.0. The summed E-state index contributed by atoms with van der Waals surface area (Å²) in [6.07, 6.45) is 0. The van der Waals surface area contributed by atoms with Gasteiger partial charge in [0.25, 0.3) is 0 Å². The van der Waals surface area contributed by atoms with Gasteiger partial charge in [-0.1, -0.05) is 17.7 Å². The second-order valence-corrected chi connectivity index (χ2v) is 6.81. The minimum Gasteiger partial charge on any atom is -0.309 e. The summed E-state index contributed by atoms with van der Waals surface area (Å²) in [6.45, 7) is 2.05. The van der Waals surface area contributed by atoms with Crippen LogP contribution < -0.4 is 5.32 Å². The molecule has 1 N–H and O–H groups in total. The van der Waals surface area contributed by atoms with Gasteiger partial charge in [0.15, 0.2) is 0 Å².